The highest BCUT2D eigenvalue weighted by Crippen LogP contribution is 2.54. The number of Topliss-reactive ketones (excluding diaryl/α,β-unsaturated/α-hetero) is 1. The molecule has 1 fully saturated rings. The van der Waals surface area contributed by atoms with Crippen LogP contribution in [0.4, 0.5) is 0 Å². The molecule has 18 heavy (non-hydrogen) atoms. The number of aryl methyl sites for hydroxylation is 1. The second-order valence-corrected chi connectivity index (χ2v) is 6.24. The molecule has 1 aromatic rings. The van der Waals surface area contributed by atoms with E-state index in [1.807, 2.05) is 0 Å². The number of benzene rings is 1. The van der Waals surface area contributed by atoms with Gasteiger partial charge in [-0.05, 0) is 49.1 Å². The second kappa shape index (κ2) is 3.94. The van der Waals surface area contributed by atoms with E-state index >= 15 is 0 Å². The van der Waals surface area contributed by atoms with E-state index in [4.69, 9.17) is 0 Å². The van der Waals surface area contributed by atoms with E-state index in [2.05, 4.69) is 45.0 Å². The van der Waals surface area contributed by atoms with Crippen molar-refractivity contribution in [3.8, 4) is 0 Å². The molecule has 3 rings (SSSR count). The average Bonchev–Trinajstić information content (AvgIpc) is 2.58. The van der Waals surface area contributed by atoms with Crippen LogP contribution in [0.2, 0.25) is 0 Å². The van der Waals surface area contributed by atoms with E-state index in [-0.39, 0.29) is 11.3 Å². The fraction of sp³-hybridized carbons (Fsp3) is 0.588. The first-order chi connectivity index (χ1) is 8.60. The van der Waals surface area contributed by atoms with Gasteiger partial charge in [0.05, 0.1) is 5.41 Å². The molecule has 0 aromatic heterocycles. The molecule has 1 saturated carbocycles. The van der Waals surface area contributed by atoms with Crippen LogP contribution in [0.15, 0.2) is 24.3 Å². The van der Waals surface area contributed by atoms with Gasteiger partial charge in [0.15, 0.2) is 0 Å². The quantitative estimate of drug-likeness (QED) is 0.733. The van der Waals surface area contributed by atoms with Crippen LogP contribution in [0.3, 0.4) is 0 Å². The fourth-order valence-corrected chi connectivity index (χ4v) is 4.61. The predicted octanol–water partition coefficient (Wildman–Crippen LogP) is 3.75. The van der Waals surface area contributed by atoms with Crippen LogP contribution in [-0.2, 0) is 16.6 Å². The molecule has 1 heteroatoms. The zero-order chi connectivity index (χ0) is 12.9. The van der Waals surface area contributed by atoms with Crippen molar-refractivity contribution in [3.05, 3.63) is 35.4 Å². The Balaban J connectivity index is 2.16. The van der Waals surface area contributed by atoms with E-state index in [0.29, 0.717) is 17.6 Å². The zero-order valence-electron chi connectivity index (χ0n) is 11.6. The summed E-state index contributed by atoms with van der Waals surface area (Å²) in [6.07, 6.45) is 3.32. The SMILES string of the molecule is CC[C@@H]1C(=O)[C@]2(C)c3ccccc3CC[C@@H]2[C@H]1C. The standard InChI is InChI=1S/C17H22O/c1-4-13-11(2)14-10-9-12-7-5-6-8-15(12)17(14,3)16(13)18/h5-8,11,13-14H,4,9-10H2,1-3H3/t11-,13-,14+,17-/m0/s1. The third-order valence-corrected chi connectivity index (χ3v) is 5.60. The minimum Gasteiger partial charge on any atom is -0.298 e. The molecule has 0 aliphatic heterocycles. The van der Waals surface area contributed by atoms with Crippen LogP contribution in [-0.4, -0.2) is 5.78 Å². The van der Waals surface area contributed by atoms with Crippen molar-refractivity contribution < 1.29 is 4.79 Å². The van der Waals surface area contributed by atoms with E-state index in [1.165, 1.54) is 17.5 Å². The maximum atomic E-state index is 12.9. The molecule has 0 spiro atoms. The molecule has 0 radical (unpaired) electrons. The second-order valence-electron chi connectivity index (χ2n) is 6.24. The molecule has 96 valence electrons. The number of hydrogen-bond donors (Lipinski definition) is 0. The lowest BCUT2D eigenvalue weighted by molar-refractivity contribution is -0.125. The monoisotopic (exact) mass is 242 g/mol. The molecular weight excluding hydrogens is 220 g/mol. The first-order valence-corrected chi connectivity index (χ1v) is 7.23. The number of carbonyl (C=O) groups excluding carboxylic acids is 1. The summed E-state index contributed by atoms with van der Waals surface area (Å²) in [5.41, 5.74) is 2.50. The van der Waals surface area contributed by atoms with Crippen LogP contribution in [0.5, 0.6) is 0 Å². The van der Waals surface area contributed by atoms with Gasteiger partial charge in [0.2, 0.25) is 0 Å². The summed E-state index contributed by atoms with van der Waals surface area (Å²) in [6.45, 7) is 6.64. The fourth-order valence-electron chi connectivity index (χ4n) is 4.61. The van der Waals surface area contributed by atoms with Crippen LogP contribution in [0.25, 0.3) is 0 Å². The van der Waals surface area contributed by atoms with E-state index < -0.39 is 0 Å². The summed E-state index contributed by atoms with van der Waals surface area (Å²) < 4.78 is 0. The number of hydrogen-bond acceptors (Lipinski definition) is 1. The average molecular weight is 242 g/mol. The van der Waals surface area contributed by atoms with Crippen LogP contribution in [0.1, 0.15) is 44.7 Å². The zero-order valence-corrected chi connectivity index (χ0v) is 11.6. The Hall–Kier alpha value is -1.11. The molecule has 0 unspecified atom stereocenters. The summed E-state index contributed by atoms with van der Waals surface area (Å²) in [5.74, 6) is 1.85. The highest BCUT2D eigenvalue weighted by atomic mass is 16.1. The van der Waals surface area contributed by atoms with Gasteiger partial charge in [-0.2, -0.15) is 0 Å². The van der Waals surface area contributed by atoms with Crippen molar-refractivity contribution in [2.45, 2.75) is 45.4 Å². The highest BCUT2D eigenvalue weighted by molar-refractivity contribution is 5.95. The molecule has 2 aliphatic carbocycles. The van der Waals surface area contributed by atoms with E-state index in [9.17, 15) is 4.79 Å². The lowest BCUT2D eigenvalue weighted by Crippen LogP contribution is -2.39. The summed E-state index contributed by atoms with van der Waals surface area (Å²) in [6, 6.07) is 8.57. The number of fused-ring (bicyclic) bond motifs is 3. The largest absolute Gasteiger partial charge is 0.298 e. The van der Waals surface area contributed by atoms with Gasteiger partial charge in [-0.15, -0.1) is 0 Å². The van der Waals surface area contributed by atoms with E-state index in [1.54, 1.807) is 0 Å². The van der Waals surface area contributed by atoms with Gasteiger partial charge < -0.3 is 0 Å². The van der Waals surface area contributed by atoms with Gasteiger partial charge in [-0.25, -0.2) is 0 Å². The molecule has 0 amide bonds. The summed E-state index contributed by atoms with van der Waals surface area (Å²) in [7, 11) is 0. The normalized spacial score (nSPS) is 38.4. The van der Waals surface area contributed by atoms with Gasteiger partial charge in [0.25, 0.3) is 0 Å². The van der Waals surface area contributed by atoms with Gasteiger partial charge in [0, 0.05) is 5.92 Å². The number of ketones is 1. The molecule has 4 atom stereocenters. The van der Waals surface area contributed by atoms with Gasteiger partial charge in [-0.3, -0.25) is 4.79 Å². The molecule has 0 heterocycles. The molecule has 0 N–H and O–H groups in total. The Labute approximate surface area is 110 Å². The summed E-state index contributed by atoms with van der Waals surface area (Å²) in [5, 5.41) is 0. The maximum absolute atomic E-state index is 12.9. The van der Waals surface area contributed by atoms with Crippen molar-refractivity contribution in [1.82, 2.24) is 0 Å². The Morgan fingerprint density at radius 2 is 2.06 bits per heavy atom. The number of carbonyl (C=O) groups is 1. The molecule has 0 saturated heterocycles. The Morgan fingerprint density at radius 3 is 2.78 bits per heavy atom. The van der Waals surface area contributed by atoms with Gasteiger partial charge >= 0.3 is 0 Å². The minimum absolute atomic E-state index is 0.213. The topological polar surface area (TPSA) is 17.1 Å². The summed E-state index contributed by atoms with van der Waals surface area (Å²) >= 11 is 0. The van der Waals surface area contributed by atoms with Crippen molar-refractivity contribution in [2.24, 2.45) is 17.8 Å². The summed E-state index contributed by atoms with van der Waals surface area (Å²) in [4.78, 5) is 12.9. The van der Waals surface area contributed by atoms with Crippen molar-refractivity contribution in [3.63, 3.8) is 0 Å². The molecular formula is C17H22O. The molecule has 1 nitrogen and oxygen atoms in total. The Bertz CT molecular complexity index is 490. The predicted molar refractivity (Wildman–Crippen MR) is 73.6 cm³/mol. The third kappa shape index (κ3) is 1.31. The molecule has 0 bridgehead atoms. The van der Waals surface area contributed by atoms with Crippen LogP contribution in [0, 0.1) is 17.8 Å². The van der Waals surface area contributed by atoms with Crippen LogP contribution >= 0.6 is 0 Å². The Morgan fingerprint density at radius 1 is 1.33 bits per heavy atom. The first-order valence-electron chi connectivity index (χ1n) is 7.23. The molecule has 2 aliphatic rings. The van der Waals surface area contributed by atoms with E-state index in [0.717, 1.165) is 12.8 Å². The van der Waals surface area contributed by atoms with Gasteiger partial charge in [-0.1, -0.05) is 38.1 Å². The molecule has 1 aromatic carbocycles. The maximum Gasteiger partial charge on any atom is 0.146 e. The highest BCUT2D eigenvalue weighted by Gasteiger charge is 2.57. The van der Waals surface area contributed by atoms with Crippen molar-refractivity contribution in [1.29, 1.82) is 0 Å². The minimum atomic E-state index is -0.213. The number of rotatable bonds is 1. The lowest BCUT2D eigenvalue weighted by atomic mass is 9.64. The van der Waals surface area contributed by atoms with Gasteiger partial charge in [0.1, 0.15) is 5.78 Å². The smallest absolute Gasteiger partial charge is 0.146 e. The Kier molecular flexibility index (Phi) is 2.62. The third-order valence-electron chi connectivity index (χ3n) is 5.60. The first kappa shape index (κ1) is 12.0. The van der Waals surface area contributed by atoms with Crippen LogP contribution < -0.4 is 0 Å². The van der Waals surface area contributed by atoms with Crippen molar-refractivity contribution in [2.75, 3.05) is 0 Å². The van der Waals surface area contributed by atoms with Crippen molar-refractivity contribution >= 4 is 5.78 Å². The lowest BCUT2D eigenvalue weighted by Gasteiger charge is -2.38.